The second-order valence-electron chi connectivity index (χ2n) is 3.36. The Labute approximate surface area is 96.0 Å². The normalized spacial score (nSPS) is 14.7. The Morgan fingerprint density at radius 1 is 1.60 bits per heavy atom. The van der Waals surface area contributed by atoms with Crippen LogP contribution in [0.5, 0.6) is 0 Å². The number of primary amides is 1. The average Bonchev–Trinajstić information content (AvgIpc) is 2.16. The molecular formula is C10H12BrFN2O. The standard InChI is InChI=1S/C10H12BrFN2O/c1-10(14-2,9(13)15)7-4-3-6(12)5-8(7)11/h3-5,14H,1-2H3,(H2,13,15). The minimum Gasteiger partial charge on any atom is -0.368 e. The molecule has 5 heteroatoms. The second kappa shape index (κ2) is 4.28. The predicted octanol–water partition coefficient (Wildman–Crippen LogP) is 1.51. The van der Waals surface area contributed by atoms with E-state index in [1.165, 1.54) is 18.2 Å². The smallest absolute Gasteiger partial charge is 0.242 e. The molecule has 0 bridgehead atoms. The molecule has 1 rings (SSSR count). The topological polar surface area (TPSA) is 55.1 Å². The third-order valence-corrected chi connectivity index (χ3v) is 3.12. The van der Waals surface area contributed by atoms with E-state index in [1.54, 1.807) is 14.0 Å². The quantitative estimate of drug-likeness (QED) is 0.878. The van der Waals surface area contributed by atoms with Crippen molar-refractivity contribution in [1.82, 2.24) is 5.32 Å². The van der Waals surface area contributed by atoms with Crippen LogP contribution in [0.1, 0.15) is 12.5 Å². The second-order valence-corrected chi connectivity index (χ2v) is 4.22. The van der Waals surface area contributed by atoms with Gasteiger partial charge in [0.05, 0.1) is 0 Å². The Morgan fingerprint density at radius 2 is 2.20 bits per heavy atom. The molecule has 15 heavy (non-hydrogen) atoms. The summed E-state index contributed by atoms with van der Waals surface area (Å²) in [5, 5.41) is 2.83. The van der Waals surface area contributed by atoms with E-state index in [4.69, 9.17) is 5.73 Å². The summed E-state index contributed by atoms with van der Waals surface area (Å²) in [6, 6.07) is 4.12. The van der Waals surface area contributed by atoms with Crippen molar-refractivity contribution in [2.75, 3.05) is 7.05 Å². The highest BCUT2D eigenvalue weighted by Crippen LogP contribution is 2.28. The molecule has 0 aromatic heterocycles. The SMILES string of the molecule is CNC(C)(C(N)=O)c1ccc(F)cc1Br. The van der Waals surface area contributed by atoms with E-state index in [0.717, 1.165) is 0 Å². The fourth-order valence-corrected chi connectivity index (χ4v) is 2.03. The van der Waals surface area contributed by atoms with Gasteiger partial charge >= 0.3 is 0 Å². The lowest BCUT2D eigenvalue weighted by Gasteiger charge is -2.27. The van der Waals surface area contributed by atoms with Gasteiger partial charge in [0.2, 0.25) is 5.91 Å². The van der Waals surface area contributed by atoms with E-state index in [9.17, 15) is 9.18 Å². The zero-order valence-electron chi connectivity index (χ0n) is 8.47. The van der Waals surface area contributed by atoms with Crippen molar-refractivity contribution in [3.8, 4) is 0 Å². The van der Waals surface area contributed by atoms with Gasteiger partial charge in [0.1, 0.15) is 11.4 Å². The molecular weight excluding hydrogens is 263 g/mol. The fraction of sp³-hybridized carbons (Fsp3) is 0.300. The minimum atomic E-state index is -1.01. The lowest BCUT2D eigenvalue weighted by Crippen LogP contribution is -2.48. The number of carbonyl (C=O) groups excluding carboxylic acids is 1. The molecule has 1 aromatic rings. The molecule has 0 saturated carbocycles. The number of hydrogen-bond acceptors (Lipinski definition) is 2. The monoisotopic (exact) mass is 274 g/mol. The highest BCUT2D eigenvalue weighted by Gasteiger charge is 2.33. The van der Waals surface area contributed by atoms with E-state index in [0.29, 0.717) is 10.0 Å². The first-order chi connectivity index (χ1) is 6.91. The molecule has 1 amide bonds. The molecule has 1 aromatic carbocycles. The highest BCUT2D eigenvalue weighted by atomic mass is 79.9. The van der Waals surface area contributed by atoms with Crippen LogP contribution in [0.3, 0.4) is 0 Å². The third kappa shape index (κ3) is 2.18. The Balaban J connectivity index is 3.30. The van der Waals surface area contributed by atoms with Crippen molar-refractivity contribution < 1.29 is 9.18 Å². The number of nitrogens with one attached hydrogen (secondary N) is 1. The van der Waals surface area contributed by atoms with Crippen LogP contribution in [0.15, 0.2) is 22.7 Å². The number of likely N-dealkylation sites (N-methyl/N-ethyl adjacent to an activating group) is 1. The molecule has 0 aliphatic carbocycles. The van der Waals surface area contributed by atoms with E-state index in [2.05, 4.69) is 21.2 Å². The third-order valence-electron chi connectivity index (χ3n) is 2.46. The molecule has 82 valence electrons. The van der Waals surface area contributed by atoms with Crippen molar-refractivity contribution in [2.45, 2.75) is 12.5 Å². The molecule has 0 radical (unpaired) electrons. The molecule has 0 aliphatic rings. The van der Waals surface area contributed by atoms with Crippen molar-refractivity contribution in [2.24, 2.45) is 5.73 Å². The number of nitrogens with two attached hydrogens (primary N) is 1. The van der Waals surface area contributed by atoms with Gasteiger partial charge < -0.3 is 11.1 Å². The van der Waals surface area contributed by atoms with E-state index in [-0.39, 0.29) is 5.82 Å². The zero-order valence-corrected chi connectivity index (χ0v) is 10.1. The predicted molar refractivity (Wildman–Crippen MR) is 59.7 cm³/mol. The maximum Gasteiger partial charge on any atom is 0.242 e. The largest absolute Gasteiger partial charge is 0.368 e. The fourth-order valence-electron chi connectivity index (χ4n) is 1.29. The van der Waals surface area contributed by atoms with Crippen LogP contribution in [-0.4, -0.2) is 13.0 Å². The number of hydrogen-bond donors (Lipinski definition) is 2. The summed E-state index contributed by atoms with van der Waals surface area (Å²) < 4.78 is 13.4. The van der Waals surface area contributed by atoms with Crippen LogP contribution >= 0.6 is 15.9 Å². The first kappa shape index (κ1) is 12.1. The summed E-state index contributed by atoms with van der Waals surface area (Å²) in [4.78, 5) is 11.3. The highest BCUT2D eigenvalue weighted by molar-refractivity contribution is 9.10. The van der Waals surface area contributed by atoms with Gasteiger partial charge in [-0.1, -0.05) is 22.0 Å². The molecule has 0 saturated heterocycles. The zero-order chi connectivity index (χ0) is 11.6. The summed E-state index contributed by atoms with van der Waals surface area (Å²) in [6.07, 6.45) is 0. The van der Waals surface area contributed by atoms with Gasteiger partial charge in [0.15, 0.2) is 0 Å². The first-order valence-electron chi connectivity index (χ1n) is 4.36. The lowest BCUT2D eigenvalue weighted by molar-refractivity contribution is -0.123. The average molecular weight is 275 g/mol. The molecule has 3 nitrogen and oxygen atoms in total. The van der Waals surface area contributed by atoms with Crippen molar-refractivity contribution >= 4 is 21.8 Å². The molecule has 0 fully saturated rings. The van der Waals surface area contributed by atoms with Gasteiger partial charge in [-0.05, 0) is 31.7 Å². The Hall–Kier alpha value is -0.940. The molecule has 1 unspecified atom stereocenters. The number of rotatable bonds is 3. The van der Waals surface area contributed by atoms with E-state index in [1.807, 2.05) is 0 Å². The van der Waals surface area contributed by atoms with E-state index < -0.39 is 11.4 Å². The number of benzene rings is 1. The molecule has 0 aliphatic heterocycles. The maximum absolute atomic E-state index is 12.9. The summed E-state index contributed by atoms with van der Waals surface area (Å²) in [5.41, 5.74) is 4.91. The molecule has 0 heterocycles. The van der Waals surface area contributed by atoms with Crippen LogP contribution < -0.4 is 11.1 Å². The van der Waals surface area contributed by atoms with Crippen molar-refractivity contribution in [3.63, 3.8) is 0 Å². The van der Waals surface area contributed by atoms with Crippen molar-refractivity contribution in [1.29, 1.82) is 0 Å². The lowest BCUT2D eigenvalue weighted by atomic mass is 9.91. The van der Waals surface area contributed by atoms with Crippen LogP contribution in [0, 0.1) is 5.82 Å². The number of carbonyl (C=O) groups is 1. The van der Waals surface area contributed by atoms with Gasteiger partial charge in [-0.2, -0.15) is 0 Å². The van der Waals surface area contributed by atoms with Crippen LogP contribution in [0.25, 0.3) is 0 Å². The Bertz CT molecular complexity index is 397. The summed E-state index contributed by atoms with van der Waals surface area (Å²) in [6.45, 7) is 1.65. The number of halogens is 2. The van der Waals surface area contributed by atoms with E-state index >= 15 is 0 Å². The minimum absolute atomic E-state index is 0.367. The molecule has 3 N–H and O–H groups in total. The maximum atomic E-state index is 12.9. The van der Waals surface area contributed by atoms with Gasteiger partial charge in [0, 0.05) is 4.47 Å². The Kier molecular flexibility index (Phi) is 3.46. The first-order valence-corrected chi connectivity index (χ1v) is 5.15. The van der Waals surface area contributed by atoms with Crippen LogP contribution in [0.2, 0.25) is 0 Å². The van der Waals surface area contributed by atoms with Gasteiger partial charge in [0.25, 0.3) is 0 Å². The van der Waals surface area contributed by atoms with Crippen molar-refractivity contribution in [3.05, 3.63) is 34.1 Å². The summed E-state index contributed by atoms with van der Waals surface area (Å²) >= 11 is 3.20. The Morgan fingerprint density at radius 3 is 2.60 bits per heavy atom. The molecule has 0 spiro atoms. The summed E-state index contributed by atoms with van der Waals surface area (Å²) in [5.74, 6) is -0.883. The van der Waals surface area contributed by atoms with Crippen LogP contribution in [-0.2, 0) is 10.3 Å². The number of amides is 1. The van der Waals surface area contributed by atoms with Gasteiger partial charge in [-0.15, -0.1) is 0 Å². The van der Waals surface area contributed by atoms with Gasteiger partial charge in [-0.3, -0.25) is 4.79 Å². The van der Waals surface area contributed by atoms with Crippen LogP contribution in [0.4, 0.5) is 4.39 Å². The van der Waals surface area contributed by atoms with Gasteiger partial charge in [-0.25, -0.2) is 4.39 Å². The summed E-state index contributed by atoms with van der Waals surface area (Å²) in [7, 11) is 1.63. The molecule has 1 atom stereocenters.